The van der Waals surface area contributed by atoms with Crippen molar-refractivity contribution in [2.75, 3.05) is 17.7 Å². The molecule has 0 atom stereocenters. The molecule has 31 heavy (non-hydrogen) atoms. The van der Waals surface area contributed by atoms with Gasteiger partial charge in [-0.2, -0.15) is 0 Å². The van der Waals surface area contributed by atoms with Gasteiger partial charge in [-0.3, -0.25) is 4.79 Å². The quantitative estimate of drug-likeness (QED) is 0.342. The number of hydrogen-bond donors (Lipinski definition) is 1. The van der Waals surface area contributed by atoms with Crippen LogP contribution in [0.3, 0.4) is 0 Å². The minimum atomic E-state index is -0.393. The van der Waals surface area contributed by atoms with Crippen LogP contribution in [0.15, 0.2) is 23.2 Å². The number of carbonyl (C=O) groups excluding carboxylic acids is 2. The van der Waals surface area contributed by atoms with Crippen molar-refractivity contribution < 1.29 is 14.3 Å². The Bertz CT molecular complexity index is 1150. The average Bonchev–Trinajstić information content (AvgIpc) is 2.96. The Labute approximate surface area is 191 Å². The van der Waals surface area contributed by atoms with Crippen molar-refractivity contribution in [3.63, 3.8) is 0 Å². The summed E-state index contributed by atoms with van der Waals surface area (Å²) in [6.07, 6.45) is 0.328. The van der Waals surface area contributed by atoms with Crippen LogP contribution in [-0.2, 0) is 9.53 Å². The topological polar surface area (TPSA) is 68.3 Å². The van der Waals surface area contributed by atoms with E-state index in [9.17, 15) is 9.59 Å². The summed E-state index contributed by atoms with van der Waals surface area (Å²) >= 11 is 2.98. The highest BCUT2D eigenvalue weighted by Crippen LogP contribution is 2.33. The summed E-state index contributed by atoms with van der Waals surface area (Å²) in [5, 5.41) is 5.56. The first-order valence-electron chi connectivity index (χ1n) is 10.3. The van der Waals surface area contributed by atoms with E-state index in [2.05, 4.69) is 44.3 Å². The normalized spacial score (nSPS) is 11.0. The van der Waals surface area contributed by atoms with Gasteiger partial charge in [0.05, 0.1) is 22.7 Å². The third kappa shape index (κ3) is 5.28. The number of thioether (sulfide) groups is 1. The van der Waals surface area contributed by atoms with Crippen molar-refractivity contribution in [2.45, 2.75) is 53.0 Å². The van der Waals surface area contributed by atoms with Gasteiger partial charge in [0.15, 0.2) is 0 Å². The first-order valence-corrected chi connectivity index (χ1v) is 12.1. The fraction of sp³-hybridized carbons (Fsp3) is 0.375. The van der Waals surface area contributed by atoms with Gasteiger partial charge in [0, 0.05) is 22.4 Å². The van der Waals surface area contributed by atoms with Crippen LogP contribution in [0.5, 0.6) is 0 Å². The van der Waals surface area contributed by atoms with Gasteiger partial charge in [-0.1, -0.05) is 11.6 Å². The molecule has 2 heterocycles. The largest absolute Gasteiger partial charge is 0.462 e. The van der Waals surface area contributed by atoms with Gasteiger partial charge < -0.3 is 10.1 Å². The second-order valence-electron chi connectivity index (χ2n) is 7.61. The molecule has 0 aliphatic rings. The van der Waals surface area contributed by atoms with Gasteiger partial charge in [0.1, 0.15) is 5.00 Å². The second-order valence-corrected chi connectivity index (χ2v) is 9.95. The predicted molar refractivity (Wildman–Crippen MR) is 130 cm³/mol. The maximum Gasteiger partial charge on any atom is 0.341 e. The lowest BCUT2D eigenvalue weighted by atomic mass is 10.0. The number of anilines is 1. The van der Waals surface area contributed by atoms with Gasteiger partial charge in [-0.25, -0.2) is 9.78 Å². The smallest absolute Gasteiger partial charge is 0.341 e. The Kier molecular flexibility index (Phi) is 7.38. The lowest BCUT2D eigenvalue weighted by molar-refractivity contribution is -0.115. The molecule has 0 aliphatic carbocycles. The average molecular weight is 457 g/mol. The lowest BCUT2D eigenvalue weighted by Gasteiger charge is -2.10. The molecule has 1 N–H and O–H groups in total. The van der Waals surface area contributed by atoms with E-state index in [-0.39, 0.29) is 5.91 Å². The number of amides is 1. The summed E-state index contributed by atoms with van der Waals surface area (Å²) in [6.45, 7) is 12.2. The Morgan fingerprint density at radius 1 is 1.10 bits per heavy atom. The fourth-order valence-electron chi connectivity index (χ4n) is 3.49. The van der Waals surface area contributed by atoms with Crippen molar-refractivity contribution in [1.29, 1.82) is 0 Å². The highest BCUT2D eigenvalue weighted by Gasteiger charge is 2.22. The van der Waals surface area contributed by atoms with Crippen molar-refractivity contribution in [3.05, 3.63) is 50.9 Å². The number of rotatable bonds is 7. The molecule has 0 spiro atoms. The first kappa shape index (κ1) is 23.3. The molecule has 0 saturated heterocycles. The van der Waals surface area contributed by atoms with Gasteiger partial charge >= 0.3 is 5.97 Å². The Balaban J connectivity index is 1.66. The summed E-state index contributed by atoms with van der Waals surface area (Å²) in [4.78, 5) is 30.6. The molecule has 1 amide bonds. The number of carbonyl (C=O) groups is 2. The van der Waals surface area contributed by atoms with Crippen LogP contribution in [0.4, 0.5) is 5.00 Å². The summed E-state index contributed by atoms with van der Waals surface area (Å²) in [5.74, 6) is 0.0892. The molecule has 164 valence electrons. The standard InChI is InChI=1S/C24H28N2O3S2/c1-7-29-24(28)21-16(5)17(6)31-23(21)25-19(27)8-9-30-20-12-14(3)18-11-13(2)10-15(4)22(18)26-20/h10-12H,7-9H2,1-6H3,(H,25,27). The monoisotopic (exact) mass is 456 g/mol. The van der Waals surface area contributed by atoms with E-state index in [1.165, 1.54) is 27.8 Å². The third-order valence-electron chi connectivity index (χ3n) is 5.13. The number of hydrogen-bond acceptors (Lipinski definition) is 6. The molecule has 5 nitrogen and oxygen atoms in total. The third-order valence-corrected chi connectivity index (χ3v) is 7.16. The number of thiophene rings is 1. The Hall–Kier alpha value is -2.38. The van der Waals surface area contributed by atoms with E-state index < -0.39 is 5.97 Å². The highest BCUT2D eigenvalue weighted by atomic mass is 32.2. The van der Waals surface area contributed by atoms with Gasteiger partial charge in [-0.15, -0.1) is 23.1 Å². The van der Waals surface area contributed by atoms with Crippen molar-refractivity contribution >= 4 is 50.9 Å². The van der Waals surface area contributed by atoms with Gasteiger partial charge in [-0.05, 0) is 70.4 Å². The van der Waals surface area contributed by atoms with E-state index in [0.29, 0.717) is 29.3 Å². The molecule has 7 heteroatoms. The number of fused-ring (bicyclic) bond motifs is 1. The van der Waals surface area contributed by atoms with E-state index in [4.69, 9.17) is 9.72 Å². The zero-order valence-corrected chi connectivity index (χ0v) is 20.5. The van der Waals surface area contributed by atoms with Crippen molar-refractivity contribution in [1.82, 2.24) is 4.98 Å². The molecule has 0 unspecified atom stereocenters. The summed E-state index contributed by atoms with van der Waals surface area (Å²) in [7, 11) is 0. The molecule has 0 saturated carbocycles. The van der Waals surface area contributed by atoms with Crippen molar-refractivity contribution in [3.8, 4) is 0 Å². The highest BCUT2D eigenvalue weighted by molar-refractivity contribution is 7.99. The number of nitrogens with zero attached hydrogens (tertiary/aromatic N) is 1. The van der Waals surface area contributed by atoms with E-state index >= 15 is 0 Å². The molecule has 0 bridgehead atoms. The van der Waals surface area contributed by atoms with Gasteiger partial charge in [0.25, 0.3) is 0 Å². The number of benzene rings is 1. The summed E-state index contributed by atoms with van der Waals surface area (Å²) in [5.41, 5.74) is 5.91. The van der Waals surface area contributed by atoms with Crippen LogP contribution in [0, 0.1) is 34.6 Å². The zero-order valence-electron chi connectivity index (χ0n) is 18.8. The van der Waals surface area contributed by atoms with Crippen LogP contribution in [0.25, 0.3) is 10.9 Å². The van der Waals surface area contributed by atoms with E-state index in [0.717, 1.165) is 26.5 Å². The number of nitrogens with one attached hydrogen (secondary N) is 1. The molecule has 0 radical (unpaired) electrons. The summed E-state index contributed by atoms with van der Waals surface area (Å²) < 4.78 is 5.15. The molecule has 0 aliphatic heterocycles. The predicted octanol–water partition coefficient (Wildman–Crippen LogP) is 6.14. The van der Waals surface area contributed by atoms with E-state index in [1.54, 1.807) is 18.7 Å². The molecule has 0 fully saturated rings. The molecule has 3 aromatic rings. The molecular weight excluding hydrogens is 428 g/mol. The van der Waals surface area contributed by atoms with Crippen LogP contribution in [0.2, 0.25) is 0 Å². The van der Waals surface area contributed by atoms with Crippen LogP contribution in [0.1, 0.15) is 50.8 Å². The number of aryl methyl sites for hydroxylation is 4. The lowest BCUT2D eigenvalue weighted by Crippen LogP contribution is -2.15. The minimum Gasteiger partial charge on any atom is -0.462 e. The summed E-state index contributed by atoms with van der Waals surface area (Å²) in [6, 6.07) is 6.39. The second kappa shape index (κ2) is 9.83. The molecule has 3 rings (SSSR count). The minimum absolute atomic E-state index is 0.122. The molecular formula is C24H28N2O3S2. The maximum absolute atomic E-state index is 12.5. The Morgan fingerprint density at radius 2 is 1.84 bits per heavy atom. The number of esters is 1. The Morgan fingerprint density at radius 3 is 2.55 bits per heavy atom. The number of pyridine rings is 1. The fourth-order valence-corrected chi connectivity index (χ4v) is 5.47. The van der Waals surface area contributed by atoms with Crippen LogP contribution < -0.4 is 5.32 Å². The molecule has 1 aromatic carbocycles. The molecule has 2 aromatic heterocycles. The zero-order chi connectivity index (χ0) is 22.7. The van der Waals surface area contributed by atoms with Crippen molar-refractivity contribution in [2.24, 2.45) is 0 Å². The van der Waals surface area contributed by atoms with E-state index in [1.807, 2.05) is 13.8 Å². The van der Waals surface area contributed by atoms with Gasteiger partial charge in [0.2, 0.25) is 5.91 Å². The number of aromatic nitrogens is 1. The SMILES string of the molecule is CCOC(=O)c1c(NC(=O)CCSc2cc(C)c3cc(C)cc(C)c3n2)sc(C)c1C. The maximum atomic E-state index is 12.5. The first-order chi connectivity index (χ1) is 14.7. The van der Waals surface area contributed by atoms with Crippen LogP contribution in [-0.4, -0.2) is 29.2 Å². The van der Waals surface area contributed by atoms with Crippen LogP contribution >= 0.6 is 23.1 Å². The number of ether oxygens (including phenoxy) is 1.